The van der Waals surface area contributed by atoms with Gasteiger partial charge in [0.2, 0.25) is 5.91 Å². The molecule has 0 spiro atoms. The molecule has 35 heavy (non-hydrogen) atoms. The lowest BCUT2D eigenvalue weighted by atomic mass is 9.98. The number of ether oxygens (including phenoxy) is 1. The third-order valence-electron chi connectivity index (χ3n) is 8.57. The Kier molecular flexibility index (Phi) is 5.50. The third-order valence-corrected chi connectivity index (χ3v) is 8.57. The Balaban J connectivity index is 1.07. The van der Waals surface area contributed by atoms with Gasteiger partial charge in [-0.3, -0.25) is 9.59 Å². The monoisotopic (exact) mass is 474 g/mol. The molecule has 1 heterocycles. The van der Waals surface area contributed by atoms with Gasteiger partial charge >= 0.3 is 12.1 Å². The molecule has 7 heteroatoms. The Bertz CT molecular complexity index is 1130. The van der Waals surface area contributed by atoms with E-state index in [4.69, 9.17) is 4.74 Å². The van der Waals surface area contributed by atoms with Gasteiger partial charge in [0.15, 0.2) is 0 Å². The maximum absolute atomic E-state index is 13.3. The van der Waals surface area contributed by atoms with Gasteiger partial charge in [-0.25, -0.2) is 4.79 Å². The molecule has 2 N–H and O–H groups in total. The summed E-state index contributed by atoms with van der Waals surface area (Å²) in [7, 11) is 0. The van der Waals surface area contributed by atoms with Gasteiger partial charge in [0, 0.05) is 25.0 Å². The van der Waals surface area contributed by atoms with Crippen LogP contribution < -0.4 is 5.32 Å². The maximum Gasteiger partial charge on any atom is 0.407 e. The summed E-state index contributed by atoms with van der Waals surface area (Å²) in [6, 6.07) is 16.2. The van der Waals surface area contributed by atoms with Crippen LogP contribution in [0.5, 0.6) is 0 Å². The lowest BCUT2D eigenvalue weighted by Gasteiger charge is -2.31. The Morgan fingerprint density at radius 1 is 0.943 bits per heavy atom. The number of benzene rings is 2. The highest BCUT2D eigenvalue weighted by molar-refractivity contribution is 5.82. The second kappa shape index (κ2) is 8.70. The molecule has 2 aromatic carbocycles. The number of nitrogens with one attached hydrogen (secondary N) is 1. The van der Waals surface area contributed by atoms with E-state index in [0.29, 0.717) is 13.1 Å². The predicted molar refractivity (Wildman–Crippen MR) is 129 cm³/mol. The molecule has 4 aliphatic rings. The minimum atomic E-state index is -0.745. The summed E-state index contributed by atoms with van der Waals surface area (Å²) in [5, 5.41) is 12.3. The molecule has 2 saturated carbocycles. The fourth-order valence-corrected chi connectivity index (χ4v) is 6.76. The van der Waals surface area contributed by atoms with Gasteiger partial charge in [-0.2, -0.15) is 0 Å². The molecule has 6 rings (SSSR count). The highest BCUT2D eigenvalue weighted by Crippen LogP contribution is 2.52. The number of aliphatic carboxylic acids is 1. The molecule has 2 aromatic rings. The second-order valence-corrected chi connectivity index (χ2v) is 10.4. The van der Waals surface area contributed by atoms with Crippen molar-refractivity contribution in [2.75, 3.05) is 19.7 Å². The Morgan fingerprint density at radius 3 is 2.31 bits per heavy atom. The molecule has 1 aliphatic heterocycles. The largest absolute Gasteiger partial charge is 0.481 e. The zero-order valence-electron chi connectivity index (χ0n) is 19.6. The Labute approximate surface area is 204 Å². The van der Waals surface area contributed by atoms with Crippen molar-refractivity contribution in [3.63, 3.8) is 0 Å². The van der Waals surface area contributed by atoms with E-state index in [1.54, 1.807) is 0 Å². The second-order valence-electron chi connectivity index (χ2n) is 10.4. The van der Waals surface area contributed by atoms with Crippen LogP contribution in [0.4, 0.5) is 4.79 Å². The summed E-state index contributed by atoms with van der Waals surface area (Å²) in [6.07, 6.45) is 2.63. The first-order valence-corrected chi connectivity index (χ1v) is 12.7. The fraction of sp³-hybridized carbons (Fsp3) is 0.464. The molecule has 7 nitrogen and oxygen atoms in total. The van der Waals surface area contributed by atoms with Crippen molar-refractivity contribution in [1.82, 2.24) is 10.2 Å². The number of piperidine rings is 1. The number of amides is 2. The number of likely N-dealkylation sites (tertiary alicyclic amines) is 1. The summed E-state index contributed by atoms with van der Waals surface area (Å²) in [5.41, 5.74) is 4.70. The minimum absolute atomic E-state index is 0.00354. The van der Waals surface area contributed by atoms with E-state index in [0.717, 1.165) is 25.7 Å². The number of carbonyl (C=O) groups is 3. The summed E-state index contributed by atoms with van der Waals surface area (Å²) in [5.74, 6) is -0.975. The van der Waals surface area contributed by atoms with Gasteiger partial charge in [0.05, 0.1) is 11.8 Å². The summed E-state index contributed by atoms with van der Waals surface area (Å²) in [4.78, 5) is 39.2. The number of alkyl carbamates (subject to hydrolysis) is 1. The molecule has 182 valence electrons. The quantitative estimate of drug-likeness (QED) is 0.686. The number of hydrogen-bond acceptors (Lipinski definition) is 4. The zero-order chi connectivity index (χ0) is 24.1. The SMILES string of the molecule is O=C(N[C@H]1CCC[C@H]1C(=O)N1CCC2C(C1)C2C(=O)O)OCC1c2ccccc2-c2ccccc21. The molecule has 0 bridgehead atoms. The van der Waals surface area contributed by atoms with Gasteiger partial charge in [-0.1, -0.05) is 55.0 Å². The molecule has 3 aliphatic carbocycles. The van der Waals surface area contributed by atoms with E-state index in [9.17, 15) is 19.5 Å². The maximum atomic E-state index is 13.3. The van der Waals surface area contributed by atoms with Crippen LogP contribution in [0.15, 0.2) is 48.5 Å². The van der Waals surface area contributed by atoms with Crippen molar-refractivity contribution in [3.8, 4) is 11.1 Å². The molecule has 3 unspecified atom stereocenters. The molecule has 3 fully saturated rings. The number of carboxylic acids is 1. The van der Waals surface area contributed by atoms with E-state index in [1.807, 2.05) is 29.2 Å². The van der Waals surface area contributed by atoms with Gasteiger partial charge in [0.25, 0.3) is 0 Å². The molecular weight excluding hydrogens is 444 g/mol. The van der Waals surface area contributed by atoms with Crippen molar-refractivity contribution >= 4 is 18.0 Å². The van der Waals surface area contributed by atoms with Crippen molar-refractivity contribution in [1.29, 1.82) is 0 Å². The van der Waals surface area contributed by atoms with Crippen LogP contribution in [0.25, 0.3) is 11.1 Å². The van der Waals surface area contributed by atoms with Gasteiger partial charge in [-0.05, 0) is 53.4 Å². The van der Waals surface area contributed by atoms with Crippen LogP contribution >= 0.6 is 0 Å². The van der Waals surface area contributed by atoms with Crippen LogP contribution in [-0.2, 0) is 14.3 Å². The highest BCUT2D eigenvalue weighted by atomic mass is 16.5. The lowest BCUT2D eigenvalue weighted by Crippen LogP contribution is -2.47. The van der Waals surface area contributed by atoms with Crippen LogP contribution in [0.3, 0.4) is 0 Å². The van der Waals surface area contributed by atoms with Gasteiger partial charge in [0.1, 0.15) is 6.61 Å². The number of carboxylic acid groups (broad SMARTS) is 1. The molecular formula is C28H30N2O5. The number of nitrogens with zero attached hydrogens (tertiary/aromatic N) is 1. The van der Waals surface area contributed by atoms with E-state index >= 15 is 0 Å². The predicted octanol–water partition coefficient (Wildman–Crippen LogP) is 3.87. The number of rotatable bonds is 5. The van der Waals surface area contributed by atoms with Crippen molar-refractivity contribution in [3.05, 3.63) is 59.7 Å². The molecule has 5 atom stereocenters. The third kappa shape index (κ3) is 3.87. The number of fused-ring (bicyclic) bond motifs is 4. The fourth-order valence-electron chi connectivity index (χ4n) is 6.76. The van der Waals surface area contributed by atoms with Crippen molar-refractivity contribution in [2.24, 2.45) is 23.7 Å². The van der Waals surface area contributed by atoms with Crippen LogP contribution in [0.1, 0.15) is 42.7 Å². The number of carbonyl (C=O) groups excluding carboxylic acids is 2. The van der Waals surface area contributed by atoms with Gasteiger partial charge in [-0.15, -0.1) is 0 Å². The average Bonchev–Trinajstić information content (AvgIpc) is 3.27. The summed E-state index contributed by atoms with van der Waals surface area (Å²) < 4.78 is 5.70. The van der Waals surface area contributed by atoms with E-state index in [-0.39, 0.29) is 48.1 Å². The normalized spacial score (nSPS) is 28.6. The molecule has 1 saturated heterocycles. The molecule has 0 aromatic heterocycles. The summed E-state index contributed by atoms with van der Waals surface area (Å²) >= 11 is 0. The van der Waals surface area contributed by atoms with Crippen LogP contribution in [-0.4, -0.2) is 53.7 Å². The first-order valence-electron chi connectivity index (χ1n) is 12.7. The molecule has 2 amide bonds. The minimum Gasteiger partial charge on any atom is -0.481 e. The molecule has 0 radical (unpaired) electrons. The van der Waals surface area contributed by atoms with Crippen molar-refractivity contribution < 1.29 is 24.2 Å². The summed E-state index contributed by atoms with van der Waals surface area (Å²) in [6.45, 7) is 1.38. The van der Waals surface area contributed by atoms with E-state index in [2.05, 4.69) is 29.6 Å². The topological polar surface area (TPSA) is 95.9 Å². The van der Waals surface area contributed by atoms with Crippen LogP contribution in [0.2, 0.25) is 0 Å². The lowest BCUT2D eigenvalue weighted by molar-refractivity contribution is -0.140. The highest BCUT2D eigenvalue weighted by Gasteiger charge is 2.57. The Morgan fingerprint density at radius 2 is 1.63 bits per heavy atom. The number of hydrogen-bond donors (Lipinski definition) is 2. The Hall–Kier alpha value is -3.35. The first kappa shape index (κ1) is 22.1. The van der Waals surface area contributed by atoms with Gasteiger partial charge < -0.3 is 20.1 Å². The first-order chi connectivity index (χ1) is 17.0. The van der Waals surface area contributed by atoms with Crippen LogP contribution in [0, 0.1) is 23.7 Å². The van der Waals surface area contributed by atoms with E-state index < -0.39 is 12.1 Å². The van der Waals surface area contributed by atoms with Crippen molar-refractivity contribution in [2.45, 2.75) is 37.6 Å². The zero-order valence-corrected chi connectivity index (χ0v) is 19.6. The average molecular weight is 475 g/mol. The van der Waals surface area contributed by atoms with E-state index in [1.165, 1.54) is 22.3 Å². The standard InChI is InChI=1S/C28H30N2O5/c31-26(30-13-12-20-22(14-30)25(20)27(32)33)21-10-5-11-24(21)29-28(34)35-15-23-18-8-3-1-6-16(18)17-7-2-4-9-19(17)23/h1-4,6-9,20-25H,5,10-15H2,(H,29,34)(H,32,33)/t20?,21-,22?,24+,25?/m1/s1. The smallest absolute Gasteiger partial charge is 0.407 e.